The van der Waals surface area contributed by atoms with Crippen molar-refractivity contribution in [1.82, 2.24) is 5.32 Å². The molecule has 2 atom stereocenters. The number of rotatable bonds is 6. The van der Waals surface area contributed by atoms with Gasteiger partial charge in [0.15, 0.2) is 0 Å². The van der Waals surface area contributed by atoms with E-state index in [4.69, 9.17) is 4.74 Å². The summed E-state index contributed by atoms with van der Waals surface area (Å²) in [6, 6.07) is 5.93. The predicted molar refractivity (Wildman–Crippen MR) is 93.9 cm³/mol. The van der Waals surface area contributed by atoms with Gasteiger partial charge in [-0.05, 0) is 24.3 Å². The molecule has 2 aliphatic rings. The fraction of sp³-hybridized carbons (Fsp3) is 0.556. The predicted octanol–water partition coefficient (Wildman–Crippen LogP) is 2.59. The minimum absolute atomic E-state index is 0.187. The topological polar surface area (TPSA) is 63.2 Å². The molecule has 0 bridgehead atoms. The van der Waals surface area contributed by atoms with E-state index >= 15 is 0 Å². The van der Waals surface area contributed by atoms with E-state index in [-0.39, 0.29) is 6.42 Å². The van der Waals surface area contributed by atoms with E-state index in [2.05, 4.69) is 15.2 Å². The van der Waals surface area contributed by atoms with Crippen molar-refractivity contribution in [3.63, 3.8) is 0 Å². The number of alkyl halides is 3. The third kappa shape index (κ3) is 4.35. The zero-order valence-corrected chi connectivity index (χ0v) is 15.1. The fourth-order valence-electron chi connectivity index (χ4n) is 3.13. The van der Waals surface area contributed by atoms with E-state index in [0.717, 1.165) is 13.1 Å². The van der Waals surface area contributed by atoms with Gasteiger partial charge >= 0.3 is 12.1 Å². The Morgan fingerprint density at radius 2 is 1.96 bits per heavy atom. The number of hydrogen-bond acceptors (Lipinski definition) is 6. The molecule has 1 fully saturated rings. The highest BCUT2D eigenvalue weighted by molar-refractivity contribution is 5.96. The van der Waals surface area contributed by atoms with Crippen LogP contribution >= 0.6 is 0 Å². The summed E-state index contributed by atoms with van der Waals surface area (Å²) in [7, 11) is 1.21. The minimum atomic E-state index is -4.55. The molecule has 27 heavy (non-hydrogen) atoms. The molecular formula is C18H22F3N3O3. The lowest BCUT2D eigenvalue weighted by atomic mass is 9.94. The van der Waals surface area contributed by atoms with Crippen LogP contribution in [0.3, 0.4) is 0 Å². The Morgan fingerprint density at radius 1 is 1.30 bits per heavy atom. The van der Waals surface area contributed by atoms with E-state index in [1.54, 1.807) is 24.3 Å². The molecule has 0 radical (unpaired) electrons. The lowest BCUT2D eigenvalue weighted by Gasteiger charge is -2.27. The van der Waals surface area contributed by atoms with Crippen molar-refractivity contribution in [2.24, 2.45) is 16.9 Å². The Balaban J connectivity index is 1.77. The number of benzene rings is 1. The van der Waals surface area contributed by atoms with Gasteiger partial charge in [-0.2, -0.15) is 18.3 Å². The SMILES string of the molecule is COC(=O)C[C@H]1[C@H](C)C(C(F)(F)F)=NN1c1ccc(OCC2CNC2)cc1. The van der Waals surface area contributed by atoms with E-state index in [1.165, 1.54) is 19.0 Å². The quantitative estimate of drug-likeness (QED) is 0.763. The van der Waals surface area contributed by atoms with Crippen LogP contribution in [0.5, 0.6) is 5.75 Å². The Kier molecular flexibility index (Phi) is 5.59. The monoisotopic (exact) mass is 385 g/mol. The standard InChI is InChI=1S/C18H22F3N3O3/c1-11-15(7-16(25)26-2)24(23-17(11)18(19,20)21)13-3-5-14(6-4-13)27-10-12-8-22-9-12/h3-6,11-12,15,22H,7-10H2,1-2H3/t11-,15-/m0/s1. The number of carbonyl (C=O) groups is 1. The first-order valence-corrected chi connectivity index (χ1v) is 8.75. The highest BCUT2D eigenvalue weighted by Gasteiger charge is 2.48. The Labute approximate surface area is 155 Å². The van der Waals surface area contributed by atoms with E-state index in [0.29, 0.717) is 24.0 Å². The van der Waals surface area contributed by atoms with Crippen molar-refractivity contribution in [2.45, 2.75) is 25.6 Å². The fourth-order valence-corrected chi connectivity index (χ4v) is 3.13. The molecule has 0 aromatic heterocycles. The third-order valence-electron chi connectivity index (χ3n) is 4.88. The molecule has 0 unspecified atom stereocenters. The number of nitrogens with zero attached hydrogens (tertiary/aromatic N) is 2. The number of methoxy groups -OCH3 is 1. The Bertz CT molecular complexity index is 702. The molecule has 0 saturated carbocycles. The van der Waals surface area contributed by atoms with Gasteiger partial charge in [0.25, 0.3) is 0 Å². The second-order valence-electron chi connectivity index (χ2n) is 6.79. The van der Waals surface area contributed by atoms with Crippen LogP contribution in [0.1, 0.15) is 13.3 Å². The van der Waals surface area contributed by atoms with Gasteiger partial charge in [0.1, 0.15) is 11.5 Å². The van der Waals surface area contributed by atoms with Crippen LogP contribution in [0.4, 0.5) is 18.9 Å². The smallest absolute Gasteiger partial charge is 0.431 e. The summed E-state index contributed by atoms with van der Waals surface area (Å²) in [6.07, 6.45) is -4.74. The number of hydrazone groups is 1. The van der Waals surface area contributed by atoms with Crippen LogP contribution in [0.25, 0.3) is 0 Å². The second-order valence-corrected chi connectivity index (χ2v) is 6.79. The van der Waals surface area contributed by atoms with Crippen LogP contribution in [0.2, 0.25) is 0 Å². The molecule has 1 saturated heterocycles. The Hall–Kier alpha value is -2.29. The van der Waals surface area contributed by atoms with E-state index in [1.807, 2.05) is 0 Å². The summed E-state index contributed by atoms with van der Waals surface area (Å²) in [4.78, 5) is 11.7. The molecule has 3 rings (SSSR count). The van der Waals surface area contributed by atoms with Crippen molar-refractivity contribution in [3.05, 3.63) is 24.3 Å². The number of halogens is 3. The van der Waals surface area contributed by atoms with E-state index in [9.17, 15) is 18.0 Å². The van der Waals surface area contributed by atoms with Crippen molar-refractivity contribution < 1.29 is 27.4 Å². The zero-order valence-electron chi connectivity index (χ0n) is 15.1. The molecule has 2 aliphatic heterocycles. The third-order valence-corrected chi connectivity index (χ3v) is 4.88. The first-order valence-electron chi connectivity index (χ1n) is 8.75. The normalized spacial score (nSPS) is 23.0. The number of nitrogens with one attached hydrogen (secondary N) is 1. The number of hydrogen-bond donors (Lipinski definition) is 1. The van der Waals surface area contributed by atoms with Crippen molar-refractivity contribution in [1.29, 1.82) is 0 Å². The average molecular weight is 385 g/mol. The number of carbonyl (C=O) groups excluding carboxylic acids is 1. The van der Waals surface area contributed by atoms with Crippen LogP contribution in [-0.2, 0) is 9.53 Å². The number of anilines is 1. The van der Waals surface area contributed by atoms with Gasteiger partial charge in [-0.15, -0.1) is 0 Å². The van der Waals surface area contributed by atoms with Gasteiger partial charge in [-0.1, -0.05) is 6.92 Å². The van der Waals surface area contributed by atoms with Crippen LogP contribution in [-0.4, -0.2) is 50.7 Å². The van der Waals surface area contributed by atoms with Gasteiger partial charge in [0.2, 0.25) is 0 Å². The lowest BCUT2D eigenvalue weighted by Crippen LogP contribution is -2.45. The number of esters is 1. The van der Waals surface area contributed by atoms with Gasteiger partial charge in [-0.25, -0.2) is 0 Å². The molecule has 0 amide bonds. The summed E-state index contributed by atoms with van der Waals surface area (Å²) < 4.78 is 50.1. The van der Waals surface area contributed by atoms with Crippen molar-refractivity contribution in [3.8, 4) is 5.75 Å². The van der Waals surface area contributed by atoms with Crippen molar-refractivity contribution in [2.75, 3.05) is 31.8 Å². The molecule has 1 aromatic rings. The molecular weight excluding hydrogens is 363 g/mol. The van der Waals surface area contributed by atoms with Crippen molar-refractivity contribution >= 4 is 17.4 Å². The lowest BCUT2D eigenvalue weighted by molar-refractivity contribution is -0.141. The maximum atomic E-state index is 13.3. The first kappa shape index (κ1) is 19.5. The van der Waals surface area contributed by atoms with Gasteiger partial charge < -0.3 is 14.8 Å². The molecule has 9 heteroatoms. The highest BCUT2D eigenvalue weighted by atomic mass is 19.4. The number of ether oxygens (including phenoxy) is 2. The van der Waals surface area contributed by atoms with Crippen LogP contribution in [0.15, 0.2) is 29.4 Å². The largest absolute Gasteiger partial charge is 0.493 e. The summed E-state index contributed by atoms with van der Waals surface area (Å²) in [6.45, 7) is 3.86. The molecule has 6 nitrogen and oxygen atoms in total. The second kappa shape index (κ2) is 7.75. The molecule has 0 spiro atoms. The van der Waals surface area contributed by atoms with Gasteiger partial charge in [0, 0.05) is 24.9 Å². The zero-order chi connectivity index (χ0) is 19.6. The van der Waals surface area contributed by atoms with Gasteiger partial charge in [-0.3, -0.25) is 9.80 Å². The average Bonchev–Trinajstić information content (AvgIpc) is 2.91. The van der Waals surface area contributed by atoms with Crippen LogP contribution < -0.4 is 15.1 Å². The molecule has 1 N–H and O–H groups in total. The maximum Gasteiger partial charge on any atom is 0.431 e. The van der Waals surface area contributed by atoms with Crippen LogP contribution in [0, 0.1) is 11.8 Å². The van der Waals surface area contributed by atoms with Gasteiger partial charge in [0.05, 0.1) is 31.9 Å². The molecule has 1 aromatic carbocycles. The van der Waals surface area contributed by atoms with E-state index < -0.39 is 29.8 Å². The summed E-state index contributed by atoms with van der Waals surface area (Å²) in [5.74, 6) is -0.411. The first-order chi connectivity index (χ1) is 12.8. The molecule has 2 heterocycles. The molecule has 0 aliphatic carbocycles. The highest BCUT2D eigenvalue weighted by Crippen LogP contribution is 2.36. The minimum Gasteiger partial charge on any atom is -0.493 e. The molecule has 148 valence electrons. The summed E-state index contributed by atoms with van der Waals surface area (Å²) >= 11 is 0. The summed E-state index contributed by atoms with van der Waals surface area (Å²) in [5.41, 5.74) is -0.429. The summed E-state index contributed by atoms with van der Waals surface area (Å²) in [5, 5.41) is 8.19. The Morgan fingerprint density at radius 3 is 2.48 bits per heavy atom. The maximum absolute atomic E-state index is 13.3.